The van der Waals surface area contributed by atoms with Crippen LogP contribution in [-0.4, -0.2) is 20.9 Å². The molecule has 0 unspecified atom stereocenters. The van der Waals surface area contributed by atoms with Crippen LogP contribution in [0.2, 0.25) is 0 Å². The van der Waals surface area contributed by atoms with Crippen LogP contribution in [0.4, 0.5) is 5.69 Å². The number of carbonyl (C=O) groups excluding carboxylic acids is 1. The van der Waals surface area contributed by atoms with Gasteiger partial charge in [0.2, 0.25) is 10.0 Å². The molecule has 1 aliphatic rings. The molecule has 1 amide bonds. The molecule has 4 rings (SSSR count). The number of rotatable bonds is 5. The number of hydrogen-bond acceptors (Lipinski definition) is 3. The fourth-order valence-electron chi connectivity index (χ4n) is 3.91. The number of benzene rings is 3. The van der Waals surface area contributed by atoms with Crippen molar-refractivity contribution in [1.29, 1.82) is 0 Å². The normalized spacial score (nSPS) is 14.7. The van der Waals surface area contributed by atoms with Crippen molar-refractivity contribution in [2.75, 3.05) is 11.4 Å². The summed E-state index contributed by atoms with van der Waals surface area (Å²) >= 11 is 0. The van der Waals surface area contributed by atoms with Gasteiger partial charge in [-0.05, 0) is 68.1 Å². The lowest BCUT2D eigenvalue weighted by Gasteiger charge is -2.30. The fraction of sp³-hybridized carbons (Fsp3) is 0.240. The molecule has 5 nitrogen and oxygen atoms in total. The fourth-order valence-corrected chi connectivity index (χ4v) is 5.20. The van der Waals surface area contributed by atoms with E-state index in [0.717, 1.165) is 35.2 Å². The molecule has 0 fully saturated rings. The first-order chi connectivity index (χ1) is 14.8. The largest absolute Gasteiger partial charge is 0.308 e. The van der Waals surface area contributed by atoms with Gasteiger partial charge in [-0.3, -0.25) is 4.79 Å². The Balaban J connectivity index is 1.59. The van der Waals surface area contributed by atoms with Gasteiger partial charge in [0.05, 0.1) is 4.90 Å². The monoisotopic (exact) mass is 434 g/mol. The van der Waals surface area contributed by atoms with Gasteiger partial charge in [0, 0.05) is 23.8 Å². The van der Waals surface area contributed by atoms with E-state index in [2.05, 4.69) is 4.72 Å². The Morgan fingerprint density at radius 3 is 2.42 bits per heavy atom. The van der Waals surface area contributed by atoms with Gasteiger partial charge in [-0.1, -0.05) is 48.0 Å². The van der Waals surface area contributed by atoms with Gasteiger partial charge in [-0.15, -0.1) is 0 Å². The molecular weight excluding hydrogens is 408 g/mol. The molecule has 0 bridgehead atoms. The number of amides is 1. The highest BCUT2D eigenvalue weighted by Gasteiger charge is 2.26. The number of sulfonamides is 1. The quantitative estimate of drug-likeness (QED) is 0.637. The van der Waals surface area contributed by atoms with Gasteiger partial charge in [0.15, 0.2) is 0 Å². The maximum Gasteiger partial charge on any atom is 0.258 e. The van der Waals surface area contributed by atoms with Crippen LogP contribution >= 0.6 is 0 Å². The molecule has 0 saturated carbocycles. The van der Waals surface area contributed by atoms with E-state index in [1.54, 1.807) is 23.1 Å². The minimum absolute atomic E-state index is 0.0626. The SMILES string of the molecule is Cc1ccc(C(=O)N2CCCc3cc(S(=O)(=O)N[C@H](C)c4ccccc4)ccc32)cc1. The zero-order valence-corrected chi connectivity index (χ0v) is 18.5. The zero-order valence-electron chi connectivity index (χ0n) is 17.7. The van der Waals surface area contributed by atoms with Crippen LogP contribution in [0, 0.1) is 6.92 Å². The highest BCUT2D eigenvalue weighted by Crippen LogP contribution is 2.31. The Labute approximate surface area is 183 Å². The number of hydrogen-bond donors (Lipinski definition) is 1. The Hall–Kier alpha value is -2.96. The van der Waals surface area contributed by atoms with Gasteiger partial charge in [-0.2, -0.15) is 0 Å². The molecule has 0 saturated heterocycles. The summed E-state index contributed by atoms with van der Waals surface area (Å²) in [5.74, 6) is -0.0626. The standard InChI is InChI=1S/C25H26N2O3S/c1-18-10-12-21(13-11-18)25(28)27-16-6-9-22-17-23(14-15-24(22)27)31(29,30)26-19(2)20-7-4-3-5-8-20/h3-5,7-8,10-15,17,19,26H,6,9,16H2,1-2H3/t19-/m1/s1. The molecule has 0 aromatic heterocycles. The Kier molecular flexibility index (Phi) is 5.94. The average Bonchev–Trinajstić information content (AvgIpc) is 2.78. The number of anilines is 1. The lowest BCUT2D eigenvalue weighted by molar-refractivity contribution is 0.0985. The van der Waals surface area contributed by atoms with E-state index in [1.165, 1.54) is 0 Å². The van der Waals surface area contributed by atoms with Crippen LogP contribution in [0.15, 0.2) is 77.7 Å². The molecule has 3 aromatic rings. The molecule has 1 aliphatic heterocycles. The lowest BCUT2D eigenvalue weighted by Crippen LogP contribution is -2.35. The third-order valence-corrected chi connectivity index (χ3v) is 7.19. The number of carbonyl (C=O) groups is 1. The van der Waals surface area contributed by atoms with Gasteiger partial charge in [0.1, 0.15) is 0 Å². The van der Waals surface area contributed by atoms with Crippen molar-refractivity contribution in [1.82, 2.24) is 4.72 Å². The molecule has 1 heterocycles. The smallest absolute Gasteiger partial charge is 0.258 e. The first-order valence-corrected chi connectivity index (χ1v) is 11.9. The topological polar surface area (TPSA) is 66.5 Å². The van der Waals surface area contributed by atoms with Gasteiger partial charge in [-0.25, -0.2) is 13.1 Å². The summed E-state index contributed by atoms with van der Waals surface area (Å²) in [5.41, 5.74) is 4.30. The molecule has 3 aromatic carbocycles. The van der Waals surface area contributed by atoms with E-state index in [4.69, 9.17) is 0 Å². The van der Waals surface area contributed by atoms with Crippen LogP contribution in [0.1, 0.15) is 46.4 Å². The predicted octanol–water partition coefficient (Wildman–Crippen LogP) is 4.63. The molecule has 1 N–H and O–H groups in total. The summed E-state index contributed by atoms with van der Waals surface area (Å²) in [6, 6.07) is 21.7. The molecule has 6 heteroatoms. The Bertz CT molecular complexity index is 1190. The van der Waals surface area contributed by atoms with Crippen LogP contribution in [0.5, 0.6) is 0 Å². The summed E-state index contributed by atoms with van der Waals surface area (Å²) in [4.78, 5) is 15.0. The first kappa shape index (κ1) is 21.3. The third-order valence-electron chi connectivity index (χ3n) is 5.66. The van der Waals surface area contributed by atoms with Crippen molar-refractivity contribution < 1.29 is 13.2 Å². The van der Waals surface area contributed by atoms with E-state index in [-0.39, 0.29) is 16.8 Å². The third kappa shape index (κ3) is 4.55. The van der Waals surface area contributed by atoms with Crippen LogP contribution < -0.4 is 9.62 Å². The van der Waals surface area contributed by atoms with Crippen molar-refractivity contribution >= 4 is 21.6 Å². The number of nitrogens with zero attached hydrogens (tertiary/aromatic N) is 1. The minimum Gasteiger partial charge on any atom is -0.308 e. The van der Waals surface area contributed by atoms with E-state index in [0.29, 0.717) is 12.1 Å². The Morgan fingerprint density at radius 1 is 1.00 bits per heavy atom. The van der Waals surface area contributed by atoms with Crippen molar-refractivity contribution in [2.45, 2.75) is 37.6 Å². The molecule has 160 valence electrons. The predicted molar refractivity (Wildman–Crippen MR) is 123 cm³/mol. The summed E-state index contributed by atoms with van der Waals surface area (Å²) in [6.45, 7) is 4.43. The average molecular weight is 435 g/mol. The first-order valence-electron chi connectivity index (χ1n) is 10.4. The van der Waals surface area contributed by atoms with Crippen molar-refractivity contribution in [3.05, 3.63) is 95.1 Å². The van der Waals surface area contributed by atoms with E-state index < -0.39 is 10.0 Å². The van der Waals surface area contributed by atoms with Gasteiger partial charge >= 0.3 is 0 Å². The van der Waals surface area contributed by atoms with E-state index in [1.807, 2.05) is 68.4 Å². The van der Waals surface area contributed by atoms with Gasteiger partial charge in [0.25, 0.3) is 5.91 Å². The zero-order chi connectivity index (χ0) is 22.0. The molecule has 31 heavy (non-hydrogen) atoms. The van der Waals surface area contributed by atoms with E-state index in [9.17, 15) is 13.2 Å². The summed E-state index contributed by atoms with van der Waals surface area (Å²) in [5, 5.41) is 0. The van der Waals surface area contributed by atoms with Crippen molar-refractivity contribution in [3.63, 3.8) is 0 Å². The highest BCUT2D eigenvalue weighted by molar-refractivity contribution is 7.89. The number of fused-ring (bicyclic) bond motifs is 1. The van der Waals surface area contributed by atoms with Crippen LogP contribution in [0.25, 0.3) is 0 Å². The van der Waals surface area contributed by atoms with Crippen molar-refractivity contribution in [3.8, 4) is 0 Å². The molecule has 1 atom stereocenters. The van der Waals surface area contributed by atoms with E-state index >= 15 is 0 Å². The van der Waals surface area contributed by atoms with Crippen molar-refractivity contribution in [2.24, 2.45) is 0 Å². The molecular formula is C25H26N2O3S. The molecule has 0 radical (unpaired) electrons. The second-order valence-corrected chi connectivity index (χ2v) is 9.68. The number of nitrogens with one attached hydrogen (secondary N) is 1. The molecule has 0 spiro atoms. The minimum atomic E-state index is -3.69. The van der Waals surface area contributed by atoms with Crippen LogP contribution in [-0.2, 0) is 16.4 Å². The maximum atomic E-state index is 13.1. The summed E-state index contributed by atoms with van der Waals surface area (Å²) < 4.78 is 28.7. The second kappa shape index (κ2) is 8.65. The van der Waals surface area contributed by atoms with Gasteiger partial charge < -0.3 is 4.90 Å². The summed E-state index contributed by atoms with van der Waals surface area (Å²) in [6.07, 6.45) is 1.53. The Morgan fingerprint density at radius 2 is 1.71 bits per heavy atom. The second-order valence-electron chi connectivity index (χ2n) is 7.97. The highest BCUT2D eigenvalue weighted by atomic mass is 32.2. The maximum absolute atomic E-state index is 13.1. The summed E-state index contributed by atoms with van der Waals surface area (Å²) in [7, 11) is -3.69. The van der Waals surface area contributed by atoms with Crippen LogP contribution in [0.3, 0.4) is 0 Å². The molecule has 0 aliphatic carbocycles. The lowest BCUT2D eigenvalue weighted by atomic mass is 10.0. The number of aryl methyl sites for hydroxylation is 2.